The van der Waals surface area contributed by atoms with Crippen molar-refractivity contribution in [3.8, 4) is 5.75 Å². The molecule has 6 nitrogen and oxygen atoms in total. The molecule has 8 heteroatoms. The zero-order chi connectivity index (χ0) is 17.8. The Hall–Kier alpha value is -1.93. The number of aliphatic hydroxyl groups excluding tert-OH is 2. The molecule has 0 aliphatic heterocycles. The van der Waals surface area contributed by atoms with Crippen molar-refractivity contribution >= 4 is 6.09 Å². The topological polar surface area (TPSA) is 88.0 Å². The van der Waals surface area contributed by atoms with Crippen LogP contribution < -0.4 is 10.1 Å². The molecule has 1 aromatic carbocycles. The molecule has 0 aromatic heterocycles. The maximum atomic E-state index is 13.6. The fraction of sp³-hybridized carbons (Fsp3) is 0.533. The van der Waals surface area contributed by atoms with Crippen molar-refractivity contribution in [1.29, 1.82) is 0 Å². The summed E-state index contributed by atoms with van der Waals surface area (Å²) in [5, 5.41) is 22.0. The molecule has 0 saturated carbocycles. The van der Waals surface area contributed by atoms with Gasteiger partial charge in [-0.2, -0.15) is 0 Å². The van der Waals surface area contributed by atoms with Crippen molar-refractivity contribution in [2.75, 3.05) is 13.7 Å². The molecule has 2 unspecified atom stereocenters. The van der Waals surface area contributed by atoms with Crippen LogP contribution in [0, 0.1) is 11.6 Å². The Morgan fingerprint density at radius 1 is 1.26 bits per heavy atom. The fourth-order valence-electron chi connectivity index (χ4n) is 1.78. The monoisotopic (exact) mass is 333 g/mol. The predicted octanol–water partition coefficient (Wildman–Crippen LogP) is 1.89. The summed E-state index contributed by atoms with van der Waals surface area (Å²) in [4.78, 5) is 11.5. The van der Waals surface area contributed by atoms with Crippen molar-refractivity contribution in [3.05, 3.63) is 29.3 Å². The highest BCUT2D eigenvalue weighted by Gasteiger charge is 2.24. The normalized spacial score (nSPS) is 14.1. The van der Waals surface area contributed by atoms with Gasteiger partial charge < -0.3 is 25.0 Å². The first-order valence-corrected chi connectivity index (χ1v) is 6.91. The number of carbonyl (C=O) groups excluding carboxylic acids is 1. The predicted molar refractivity (Wildman–Crippen MR) is 78.1 cm³/mol. The van der Waals surface area contributed by atoms with Crippen LogP contribution in [0.2, 0.25) is 0 Å². The summed E-state index contributed by atoms with van der Waals surface area (Å²) in [5.74, 6) is -2.59. The van der Waals surface area contributed by atoms with Gasteiger partial charge in [0.25, 0.3) is 0 Å². The Morgan fingerprint density at radius 3 is 2.22 bits per heavy atom. The van der Waals surface area contributed by atoms with E-state index in [-0.39, 0.29) is 12.1 Å². The molecule has 130 valence electrons. The highest BCUT2D eigenvalue weighted by atomic mass is 19.1. The quantitative estimate of drug-likeness (QED) is 0.766. The number of methoxy groups -OCH3 is 1. The van der Waals surface area contributed by atoms with Gasteiger partial charge in [0.2, 0.25) is 0 Å². The van der Waals surface area contributed by atoms with E-state index >= 15 is 0 Å². The van der Waals surface area contributed by atoms with Crippen molar-refractivity contribution in [1.82, 2.24) is 5.32 Å². The van der Waals surface area contributed by atoms with Gasteiger partial charge in [-0.05, 0) is 38.5 Å². The van der Waals surface area contributed by atoms with Crippen LogP contribution in [-0.4, -0.2) is 41.7 Å². The summed E-state index contributed by atoms with van der Waals surface area (Å²) in [6.07, 6.45) is -3.86. The van der Waals surface area contributed by atoms with E-state index in [2.05, 4.69) is 10.1 Å². The summed E-state index contributed by atoms with van der Waals surface area (Å²) < 4.78 is 36.7. The second-order valence-corrected chi connectivity index (χ2v) is 5.91. The molecule has 2 atom stereocenters. The van der Waals surface area contributed by atoms with Gasteiger partial charge in [-0.1, -0.05) is 0 Å². The van der Waals surface area contributed by atoms with E-state index in [1.807, 2.05) is 0 Å². The fourth-order valence-corrected chi connectivity index (χ4v) is 1.78. The van der Waals surface area contributed by atoms with E-state index in [4.69, 9.17) is 4.74 Å². The molecule has 0 aliphatic rings. The Bertz CT molecular complexity index is 536. The van der Waals surface area contributed by atoms with Gasteiger partial charge in [-0.15, -0.1) is 0 Å². The third-order valence-electron chi connectivity index (χ3n) is 2.79. The molecule has 0 bridgehead atoms. The van der Waals surface area contributed by atoms with Gasteiger partial charge >= 0.3 is 6.09 Å². The summed E-state index contributed by atoms with van der Waals surface area (Å²) in [6.45, 7) is 4.65. The van der Waals surface area contributed by atoms with E-state index in [1.54, 1.807) is 20.8 Å². The van der Waals surface area contributed by atoms with Crippen molar-refractivity contribution < 1.29 is 33.3 Å². The Morgan fingerprint density at radius 2 is 1.78 bits per heavy atom. The Labute approximate surface area is 133 Å². The summed E-state index contributed by atoms with van der Waals surface area (Å²) in [7, 11) is 1.11. The van der Waals surface area contributed by atoms with Gasteiger partial charge in [0.05, 0.1) is 7.11 Å². The minimum Gasteiger partial charge on any atom is -0.491 e. The number of hydrogen-bond donors (Lipinski definition) is 3. The molecule has 1 aromatic rings. The smallest absolute Gasteiger partial charge is 0.407 e. The lowest BCUT2D eigenvalue weighted by atomic mass is 10.0. The number of carbonyl (C=O) groups is 1. The molecule has 0 fully saturated rings. The molecule has 0 radical (unpaired) electrons. The van der Waals surface area contributed by atoms with Crippen molar-refractivity contribution in [3.63, 3.8) is 0 Å². The highest BCUT2D eigenvalue weighted by Crippen LogP contribution is 2.27. The van der Waals surface area contributed by atoms with Crippen LogP contribution in [0.1, 0.15) is 32.4 Å². The van der Waals surface area contributed by atoms with Crippen LogP contribution in [-0.2, 0) is 4.74 Å². The Balaban J connectivity index is 2.70. The van der Waals surface area contributed by atoms with Gasteiger partial charge in [0.1, 0.15) is 17.8 Å². The molecule has 23 heavy (non-hydrogen) atoms. The van der Waals surface area contributed by atoms with Crippen LogP contribution in [0.25, 0.3) is 0 Å². The lowest BCUT2D eigenvalue weighted by molar-refractivity contribution is 0.0126. The van der Waals surface area contributed by atoms with E-state index < -0.39 is 41.3 Å². The van der Waals surface area contributed by atoms with Crippen LogP contribution >= 0.6 is 0 Å². The van der Waals surface area contributed by atoms with Crippen molar-refractivity contribution in [2.24, 2.45) is 0 Å². The van der Waals surface area contributed by atoms with E-state index in [0.717, 1.165) is 19.2 Å². The van der Waals surface area contributed by atoms with Crippen LogP contribution in [0.3, 0.4) is 0 Å². The molecule has 0 saturated heterocycles. The molecule has 0 aliphatic carbocycles. The van der Waals surface area contributed by atoms with Crippen LogP contribution in [0.4, 0.5) is 13.6 Å². The molecule has 0 spiro atoms. The number of amides is 1. The van der Waals surface area contributed by atoms with Crippen molar-refractivity contribution in [2.45, 2.75) is 38.6 Å². The first-order chi connectivity index (χ1) is 10.5. The zero-order valence-corrected chi connectivity index (χ0v) is 13.4. The number of alkyl carbamates (subject to hydrolysis) is 1. The van der Waals surface area contributed by atoms with Crippen LogP contribution in [0.5, 0.6) is 5.75 Å². The SMILES string of the molecule is COc1c(F)cc(C(O)C(O)CNC(=O)OC(C)(C)C)cc1F. The maximum Gasteiger partial charge on any atom is 0.407 e. The van der Waals surface area contributed by atoms with Gasteiger partial charge in [0.15, 0.2) is 17.4 Å². The largest absolute Gasteiger partial charge is 0.491 e. The summed E-state index contributed by atoms with van der Waals surface area (Å²) >= 11 is 0. The van der Waals surface area contributed by atoms with Gasteiger partial charge in [-0.3, -0.25) is 0 Å². The second kappa shape index (κ2) is 7.56. The standard InChI is InChI=1S/C15H21F2NO5/c1-15(2,3)23-14(21)18-7-11(19)12(20)8-5-9(16)13(22-4)10(17)6-8/h5-6,11-12,19-20H,7H2,1-4H3,(H,18,21). The third-order valence-corrected chi connectivity index (χ3v) is 2.79. The average Bonchev–Trinajstić information content (AvgIpc) is 2.41. The summed E-state index contributed by atoms with van der Waals surface area (Å²) in [6, 6.07) is 1.70. The van der Waals surface area contributed by atoms with Gasteiger partial charge in [0, 0.05) is 6.54 Å². The minimum absolute atomic E-state index is 0.181. The lowest BCUT2D eigenvalue weighted by Gasteiger charge is -2.22. The number of halogens is 2. The lowest BCUT2D eigenvalue weighted by Crippen LogP contribution is -2.38. The number of ether oxygens (including phenoxy) is 2. The summed E-state index contributed by atoms with van der Waals surface area (Å²) in [5.41, 5.74) is -0.894. The molecule has 0 heterocycles. The first-order valence-electron chi connectivity index (χ1n) is 6.91. The molecular formula is C15H21F2NO5. The molecule has 1 amide bonds. The van der Waals surface area contributed by atoms with Gasteiger partial charge in [-0.25, -0.2) is 13.6 Å². The number of rotatable bonds is 5. The first kappa shape index (κ1) is 19.1. The highest BCUT2D eigenvalue weighted by molar-refractivity contribution is 5.67. The number of aliphatic hydroxyl groups is 2. The van der Waals surface area contributed by atoms with E-state index in [0.29, 0.717) is 0 Å². The van der Waals surface area contributed by atoms with Crippen LogP contribution in [0.15, 0.2) is 12.1 Å². The number of hydrogen-bond acceptors (Lipinski definition) is 5. The van der Waals surface area contributed by atoms with E-state index in [1.165, 1.54) is 0 Å². The molecular weight excluding hydrogens is 312 g/mol. The average molecular weight is 333 g/mol. The van der Waals surface area contributed by atoms with E-state index in [9.17, 15) is 23.8 Å². The molecule has 3 N–H and O–H groups in total. The minimum atomic E-state index is -1.60. The zero-order valence-electron chi connectivity index (χ0n) is 13.4. The molecule has 1 rings (SSSR count). The third kappa shape index (κ3) is 5.65. The Kier molecular flexibility index (Phi) is 6.28. The number of nitrogens with one attached hydrogen (secondary N) is 1. The number of benzene rings is 1. The maximum absolute atomic E-state index is 13.6. The second-order valence-electron chi connectivity index (χ2n) is 5.91.